The molecule has 1 aromatic heterocycles. The lowest BCUT2D eigenvalue weighted by molar-refractivity contribution is -0.137. The van der Waals surface area contributed by atoms with Gasteiger partial charge in [0, 0.05) is 12.3 Å². The number of carboxylic acid groups (broad SMARTS) is 1. The molecule has 1 aromatic rings. The molecule has 0 aromatic carbocycles. The van der Waals surface area contributed by atoms with Gasteiger partial charge < -0.3 is 15.5 Å². The summed E-state index contributed by atoms with van der Waals surface area (Å²) in [7, 11) is 0. The van der Waals surface area contributed by atoms with Crippen LogP contribution in [0.2, 0.25) is 0 Å². The number of anilines is 1. The molecule has 0 radical (unpaired) electrons. The third kappa shape index (κ3) is 5.95. The van der Waals surface area contributed by atoms with E-state index in [9.17, 15) is 14.7 Å². The largest absolute Gasteiger partial charge is 0.480 e. The van der Waals surface area contributed by atoms with Gasteiger partial charge in [0.25, 0.3) is 0 Å². The first kappa shape index (κ1) is 17.2. The topological polar surface area (TPSA) is 104 Å². The highest BCUT2D eigenvalue weighted by atomic mass is 16.4. The van der Waals surface area contributed by atoms with Crippen LogP contribution >= 0.6 is 0 Å². The maximum atomic E-state index is 12.0. The molecule has 0 aliphatic carbocycles. The summed E-state index contributed by atoms with van der Waals surface area (Å²) in [5.74, 6) is -1.03. The van der Waals surface area contributed by atoms with Gasteiger partial charge in [-0.25, -0.2) is 0 Å². The second-order valence-electron chi connectivity index (χ2n) is 5.24. The maximum Gasteiger partial charge on any atom is 0.325 e. The fourth-order valence-electron chi connectivity index (χ4n) is 2.37. The number of carboxylic acids is 1. The van der Waals surface area contributed by atoms with Gasteiger partial charge in [0.15, 0.2) is 5.82 Å². The molecule has 0 saturated heterocycles. The third-order valence-electron chi connectivity index (χ3n) is 3.13. The summed E-state index contributed by atoms with van der Waals surface area (Å²) >= 11 is 0. The Morgan fingerprint density at radius 2 is 1.95 bits per heavy atom. The monoisotopic (exact) mass is 297 g/mol. The summed E-state index contributed by atoms with van der Waals surface area (Å²) in [5, 5.41) is 25.6. The van der Waals surface area contributed by atoms with E-state index in [-0.39, 0.29) is 24.7 Å². The Hall–Kier alpha value is -1.89. The first-order chi connectivity index (χ1) is 9.88. The summed E-state index contributed by atoms with van der Waals surface area (Å²) in [6.07, 6.45) is 4.24. The van der Waals surface area contributed by atoms with Gasteiger partial charge in [-0.1, -0.05) is 26.7 Å². The van der Waals surface area contributed by atoms with Crippen molar-refractivity contribution in [2.24, 2.45) is 0 Å². The molecular formula is C14H23N3O4. The fourth-order valence-corrected chi connectivity index (χ4v) is 2.37. The van der Waals surface area contributed by atoms with E-state index in [4.69, 9.17) is 5.11 Å². The molecule has 0 aliphatic rings. The number of aliphatic carboxylic acids is 1. The second kappa shape index (κ2) is 7.78. The van der Waals surface area contributed by atoms with Gasteiger partial charge >= 0.3 is 5.97 Å². The number of nitrogens with one attached hydrogen (secondary N) is 1. The average Bonchev–Trinajstić information content (AvgIpc) is 2.75. The maximum absolute atomic E-state index is 12.0. The number of hydrogen-bond acceptors (Lipinski definition) is 4. The lowest BCUT2D eigenvalue weighted by Gasteiger charge is -2.26. The molecule has 1 rings (SSSR count). The van der Waals surface area contributed by atoms with E-state index in [0.29, 0.717) is 12.8 Å². The summed E-state index contributed by atoms with van der Waals surface area (Å²) in [5.41, 5.74) is -0.989. The first-order valence-corrected chi connectivity index (χ1v) is 7.16. The molecule has 0 aliphatic heterocycles. The Labute approximate surface area is 124 Å². The van der Waals surface area contributed by atoms with Crippen molar-refractivity contribution in [2.45, 2.75) is 58.1 Å². The smallest absolute Gasteiger partial charge is 0.325 e. The van der Waals surface area contributed by atoms with Crippen molar-refractivity contribution in [1.29, 1.82) is 0 Å². The molecule has 7 nitrogen and oxygen atoms in total. The van der Waals surface area contributed by atoms with Gasteiger partial charge in [0.2, 0.25) is 5.91 Å². The number of amides is 1. The highest BCUT2D eigenvalue weighted by Gasteiger charge is 2.28. The van der Waals surface area contributed by atoms with Crippen LogP contribution in [0.1, 0.15) is 46.0 Å². The minimum atomic E-state index is -1.00. The molecule has 0 unspecified atom stereocenters. The summed E-state index contributed by atoms with van der Waals surface area (Å²) < 4.78 is 1.22. The first-order valence-electron chi connectivity index (χ1n) is 7.16. The lowest BCUT2D eigenvalue weighted by atomic mass is 9.89. The molecule has 0 fully saturated rings. The quantitative estimate of drug-likeness (QED) is 0.642. The predicted molar refractivity (Wildman–Crippen MR) is 77.9 cm³/mol. The zero-order valence-electron chi connectivity index (χ0n) is 12.5. The molecule has 0 saturated carbocycles. The Balaban J connectivity index is 2.59. The highest BCUT2D eigenvalue weighted by molar-refractivity contribution is 5.90. The number of aromatic nitrogens is 2. The van der Waals surface area contributed by atoms with Crippen molar-refractivity contribution < 1.29 is 19.8 Å². The molecule has 1 amide bonds. The molecule has 118 valence electrons. The average molecular weight is 297 g/mol. The number of carbonyl (C=O) groups is 2. The van der Waals surface area contributed by atoms with Gasteiger partial charge in [-0.3, -0.25) is 14.3 Å². The molecule has 7 heteroatoms. The van der Waals surface area contributed by atoms with Gasteiger partial charge in [0.05, 0.1) is 12.0 Å². The number of aliphatic hydroxyl groups is 1. The molecule has 0 atom stereocenters. The van der Waals surface area contributed by atoms with E-state index in [1.54, 1.807) is 0 Å². The molecule has 1 heterocycles. The Kier molecular flexibility index (Phi) is 6.36. The van der Waals surface area contributed by atoms with E-state index < -0.39 is 11.6 Å². The molecule has 0 bridgehead atoms. The van der Waals surface area contributed by atoms with Crippen molar-refractivity contribution in [1.82, 2.24) is 9.78 Å². The van der Waals surface area contributed by atoms with Crippen LogP contribution in [0.15, 0.2) is 12.3 Å². The van der Waals surface area contributed by atoms with Crippen LogP contribution < -0.4 is 5.32 Å². The van der Waals surface area contributed by atoms with Crippen LogP contribution in [0.3, 0.4) is 0 Å². The summed E-state index contributed by atoms with van der Waals surface area (Å²) in [4.78, 5) is 22.5. The van der Waals surface area contributed by atoms with Crippen LogP contribution in [0.5, 0.6) is 0 Å². The number of nitrogens with zero attached hydrogens (tertiary/aromatic N) is 2. The summed E-state index contributed by atoms with van der Waals surface area (Å²) in [6, 6.07) is 1.53. The van der Waals surface area contributed by atoms with Crippen LogP contribution in [-0.2, 0) is 16.1 Å². The van der Waals surface area contributed by atoms with E-state index >= 15 is 0 Å². The lowest BCUT2D eigenvalue weighted by Crippen LogP contribution is -2.33. The van der Waals surface area contributed by atoms with Crippen molar-refractivity contribution in [3.8, 4) is 0 Å². The molecule has 3 N–H and O–H groups in total. The highest BCUT2D eigenvalue weighted by Crippen LogP contribution is 2.24. The van der Waals surface area contributed by atoms with Crippen molar-refractivity contribution >= 4 is 17.7 Å². The zero-order chi connectivity index (χ0) is 15.9. The van der Waals surface area contributed by atoms with Gasteiger partial charge in [-0.05, 0) is 12.8 Å². The Morgan fingerprint density at radius 3 is 2.48 bits per heavy atom. The molecular weight excluding hydrogens is 274 g/mol. The normalized spacial score (nSPS) is 11.4. The van der Waals surface area contributed by atoms with Crippen molar-refractivity contribution in [2.75, 3.05) is 5.32 Å². The van der Waals surface area contributed by atoms with E-state index in [1.165, 1.54) is 16.9 Å². The van der Waals surface area contributed by atoms with Gasteiger partial charge in [0.1, 0.15) is 6.54 Å². The van der Waals surface area contributed by atoms with Crippen LogP contribution in [0.4, 0.5) is 5.82 Å². The van der Waals surface area contributed by atoms with Gasteiger partial charge in [-0.15, -0.1) is 0 Å². The van der Waals surface area contributed by atoms with Gasteiger partial charge in [-0.2, -0.15) is 5.10 Å². The van der Waals surface area contributed by atoms with Crippen LogP contribution in [0, 0.1) is 0 Å². The van der Waals surface area contributed by atoms with E-state index in [0.717, 1.165) is 12.8 Å². The minimum absolute atomic E-state index is 0.0144. The number of rotatable bonds is 9. The van der Waals surface area contributed by atoms with E-state index in [1.807, 2.05) is 13.8 Å². The SMILES string of the molecule is CCCC(O)(CCC)CC(=O)Nc1ccn(CC(=O)O)n1. The van der Waals surface area contributed by atoms with E-state index in [2.05, 4.69) is 10.4 Å². The van der Waals surface area contributed by atoms with Crippen LogP contribution in [-0.4, -0.2) is 37.5 Å². The second-order valence-corrected chi connectivity index (χ2v) is 5.24. The zero-order valence-corrected chi connectivity index (χ0v) is 12.5. The molecule has 21 heavy (non-hydrogen) atoms. The fraction of sp³-hybridized carbons (Fsp3) is 0.643. The van der Waals surface area contributed by atoms with Crippen molar-refractivity contribution in [3.05, 3.63) is 12.3 Å². The van der Waals surface area contributed by atoms with Crippen LogP contribution in [0.25, 0.3) is 0 Å². The minimum Gasteiger partial charge on any atom is -0.480 e. The number of carbonyl (C=O) groups excluding carboxylic acids is 1. The predicted octanol–water partition coefficient (Wildman–Crippen LogP) is 1.63. The standard InChI is InChI=1S/C14H23N3O4/c1-3-6-14(21,7-4-2)9-12(18)15-11-5-8-17(16-11)10-13(19)20/h5,8,21H,3-4,6-7,9-10H2,1-2H3,(H,19,20)(H,15,16,18). The Bertz CT molecular complexity index is 478. The molecule has 0 spiro atoms. The number of hydrogen-bond donors (Lipinski definition) is 3. The Morgan fingerprint density at radius 1 is 1.33 bits per heavy atom. The third-order valence-corrected chi connectivity index (χ3v) is 3.13. The summed E-state index contributed by atoms with van der Waals surface area (Å²) in [6.45, 7) is 3.67. The van der Waals surface area contributed by atoms with Crippen molar-refractivity contribution in [3.63, 3.8) is 0 Å².